The van der Waals surface area contributed by atoms with Crippen LogP contribution >= 0.6 is 12.4 Å². The molecule has 0 unspecified atom stereocenters. The lowest BCUT2D eigenvalue weighted by Gasteiger charge is -2.19. The van der Waals surface area contributed by atoms with Gasteiger partial charge in [-0.2, -0.15) is 5.10 Å². The largest absolute Gasteiger partial charge is 0.337 e. The first-order valence-electron chi connectivity index (χ1n) is 8.83. The molecule has 0 aliphatic carbocycles. The number of amides is 1. The van der Waals surface area contributed by atoms with E-state index in [1.54, 1.807) is 0 Å². The number of rotatable bonds is 2. The lowest BCUT2D eigenvalue weighted by atomic mass is 9.92. The van der Waals surface area contributed by atoms with Gasteiger partial charge in [-0.15, -0.1) is 12.4 Å². The molecule has 0 bridgehead atoms. The average Bonchev–Trinajstić information content (AvgIpc) is 3.21. The van der Waals surface area contributed by atoms with E-state index in [1.165, 1.54) is 5.56 Å². The van der Waals surface area contributed by atoms with Crippen molar-refractivity contribution in [3.05, 3.63) is 41.6 Å². The number of hydrogen-bond acceptors (Lipinski definition) is 3. The number of H-pyrrole nitrogens is 1. The van der Waals surface area contributed by atoms with Crippen LogP contribution in [-0.4, -0.2) is 47.2 Å². The molecule has 0 saturated carbocycles. The Labute approximate surface area is 154 Å². The Bertz CT molecular complexity index is 713. The molecular weight excluding hydrogens is 336 g/mol. The van der Waals surface area contributed by atoms with Crippen molar-refractivity contribution in [3.8, 4) is 11.3 Å². The number of nitrogens with one attached hydrogen (secondary N) is 2. The van der Waals surface area contributed by atoms with E-state index in [2.05, 4.69) is 34.6 Å². The van der Waals surface area contributed by atoms with Gasteiger partial charge in [-0.1, -0.05) is 29.8 Å². The Balaban J connectivity index is 0.00000182. The lowest BCUT2D eigenvalue weighted by Crippen LogP contribution is -2.33. The van der Waals surface area contributed by atoms with Gasteiger partial charge in [0.15, 0.2) is 0 Å². The average molecular weight is 361 g/mol. The van der Waals surface area contributed by atoms with Gasteiger partial charge in [0.05, 0.1) is 5.69 Å². The van der Waals surface area contributed by atoms with Crippen molar-refractivity contribution in [2.45, 2.75) is 19.8 Å². The fourth-order valence-electron chi connectivity index (χ4n) is 3.90. The summed E-state index contributed by atoms with van der Waals surface area (Å²) in [5.74, 6) is 1.54. The minimum atomic E-state index is 0. The summed E-state index contributed by atoms with van der Waals surface area (Å²) in [6.45, 7) is 5.97. The van der Waals surface area contributed by atoms with Gasteiger partial charge in [-0.25, -0.2) is 0 Å². The first kappa shape index (κ1) is 18.0. The van der Waals surface area contributed by atoms with Gasteiger partial charge in [0, 0.05) is 18.7 Å². The molecule has 1 aromatic carbocycles. The summed E-state index contributed by atoms with van der Waals surface area (Å²) in [7, 11) is 0. The minimum absolute atomic E-state index is 0. The van der Waals surface area contributed by atoms with Crippen LogP contribution in [0.1, 0.15) is 28.9 Å². The van der Waals surface area contributed by atoms with Crippen LogP contribution in [0.25, 0.3) is 11.3 Å². The maximum atomic E-state index is 12.8. The Morgan fingerprint density at radius 2 is 1.76 bits per heavy atom. The number of hydrogen-bond donors (Lipinski definition) is 2. The molecule has 134 valence electrons. The first-order valence-corrected chi connectivity index (χ1v) is 8.83. The molecule has 1 aromatic heterocycles. The third-order valence-corrected chi connectivity index (χ3v) is 5.46. The van der Waals surface area contributed by atoms with Crippen LogP contribution in [0.4, 0.5) is 0 Å². The van der Waals surface area contributed by atoms with E-state index in [0.717, 1.165) is 62.1 Å². The molecule has 2 aliphatic rings. The zero-order chi connectivity index (χ0) is 16.5. The third-order valence-electron chi connectivity index (χ3n) is 5.46. The highest BCUT2D eigenvalue weighted by Gasteiger charge is 2.32. The van der Waals surface area contributed by atoms with Crippen LogP contribution in [0, 0.1) is 18.8 Å². The molecule has 2 aliphatic heterocycles. The van der Waals surface area contributed by atoms with Crippen molar-refractivity contribution in [2.75, 3.05) is 26.2 Å². The maximum Gasteiger partial charge on any atom is 0.271 e. The van der Waals surface area contributed by atoms with E-state index < -0.39 is 0 Å². The lowest BCUT2D eigenvalue weighted by molar-refractivity contribution is 0.0752. The first-order chi connectivity index (χ1) is 11.7. The van der Waals surface area contributed by atoms with Crippen LogP contribution in [0.2, 0.25) is 0 Å². The third kappa shape index (κ3) is 3.72. The summed E-state index contributed by atoms with van der Waals surface area (Å²) in [4.78, 5) is 14.8. The Morgan fingerprint density at radius 3 is 2.40 bits per heavy atom. The second-order valence-electron chi connectivity index (χ2n) is 7.08. The van der Waals surface area contributed by atoms with E-state index >= 15 is 0 Å². The highest BCUT2D eigenvalue weighted by atomic mass is 35.5. The van der Waals surface area contributed by atoms with Crippen molar-refractivity contribution in [1.82, 2.24) is 20.4 Å². The van der Waals surface area contributed by atoms with Crippen molar-refractivity contribution >= 4 is 18.3 Å². The predicted octanol–water partition coefficient (Wildman–Crippen LogP) is 2.88. The fourth-order valence-corrected chi connectivity index (χ4v) is 3.90. The number of aromatic nitrogens is 2. The van der Waals surface area contributed by atoms with Crippen molar-refractivity contribution in [3.63, 3.8) is 0 Å². The number of carbonyl (C=O) groups is 1. The molecule has 4 rings (SSSR count). The second-order valence-corrected chi connectivity index (χ2v) is 7.08. The number of aromatic amines is 1. The van der Waals surface area contributed by atoms with E-state index in [1.807, 2.05) is 23.1 Å². The molecule has 0 radical (unpaired) electrons. The molecule has 25 heavy (non-hydrogen) atoms. The zero-order valence-electron chi connectivity index (χ0n) is 14.5. The SMILES string of the molecule is Cc1ccc(-c2cc(C(=O)N3CC[C@@H]4CNC[C@@H]4CC3)[nH]n2)cc1.Cl. The topological polar surface area (TPSA) is 61.0 Å². The molecule has 0 spiro atoms. The molecule has 2 aromatic rings. The van der Waals surface area contributed by atoms with Crippen molar-refractivity contribution in [1.29, 1.82) is 0 Å². The van der Waals surface area contributed by atoms with Crippen LogP contribution in [0.15, 0.2) is 30.3 Å². The summed E-state index contributed by atoms with van der Waals surface area (Å²) in [6, 6.07) is 10.1. The van der Waals surface area contributed by atoms with Gasteiger partial charge in [0.1, 0.15) is 5.69 Å². The Kier molecular flexibility index (Phi) is 5.45. The molecular formula is C19H25ClN4O. The summed E-state index contributed by atoms with van der Waals surface area (Å²) >= 11 is 0. The Hall–Kier alpha value is -1.85. The monoisotopic (exact) mass is 360 g/mol. The van der Waals surface area contributed by atoms with Gasteiger partial charge in [-0.3, -0.25) is 9.89 Å². The predicted molar refractivity (Wildman–Crippen MR) is 101 cm³/mol. The molecule has 6 heteroatoms. The van der Waals surface area contributed by atoms with E-state index in [4.69, 9.17) is 0 Å². The minimum Gasteiger partial charge on any atom is -0.337 e. The summed E-state index contributed by atoms with van der Waals surface area (Å²) in [5, 5.41) is 10.7. The number of benzene rings is 1. The molecule has 3 heterocycles. The van der Waals surface area contributed by atoms with Gasteiger partial charge in [-0.05, 0) is 50.8 Å². The van der Waals surface area contributed by atoms with Gasteiger partial charge in [0.25, 0.3) is 5.91 Å². The molecule has 2 saturated heterocycles. The van der Waals surface area contributed by atoms with E-state index in [9.17, 15) is 4.79 Å². The smallest absolute Gasteiger partial charge is 0.271 e. The number of carbonyl (C=O) groups excluding carboxylic acids is 1. The highest BCUT2D eigenvalue weighted by molar-refractivity contribution is 5.93. The molecule has 2 N–H and O–H groups in total. The number of nitrogens with zero attached hydrogens (tertiary/aromatic N) is 2. The van der Waals surface area contributed by atoms with Gasteiger partial charge >= 0.3 is 0 Å². The van der Waals surface area contributed by atoms with Crippen molar-refractivity contribution < 1.29 is 4.79 Å². The summed E-state index contributed by atoms with van der Waals surface area (Å²) in [6.07, 6.45) is 2.20. The van der Waals surface area contributed by atoms with E-state index in [-0.39, 0.29) is 18.3 Å². The van der Waals surface area contributed by atoms with Crippen LogP contribution in [0.3, 0.4) is 0 Å². The summed E-state index contributed by atoms with van der Waals surface area (Å²) in [5.41, 5.74) is 3.67. The van der Waals surface area contributed by atoms with Crippen LogP contribution in [0.5, 0.6) is 0 Å². The van der Waals surface area contributed by atoms with Gasteiger partial charge < -0.3 is 10.2 Å². The standard InChI is InChI=1S/C19H24N4O.ClH/c1-13-2-4-14(5-3-13)17-10-18(22-21-17)19(24)23-8-6-15-11-20-12-16(15)7-9-23;/h2-5,10,15-16,20H,6-9,11-12H2,1H3,(H,21,22);1H/t15-,16+;. The van der Waals surface area contributed by atoms with Crippen molar-refractivity contribution in [2.24, 2.45) is 11.8 Å². The zero-order valence-corrected chi connectivity index (χ0v) is 15.3. The second kappa shape index (κ2) is 7.58. The quantitative estimate of drug-likeness (QED) is 0.865. The fraction of sp³-hybridized carbons (Fsp3) is 0.474. The molecule has 1 amide bonds. The van der Waals surface area contributed by atoms with Crippen LogP contribution in [-0.2, 0) is 0 Å². The van der Waals surface area contributed by atoms with Crippen LogP contribution < -0.4 is 5.32 Å². The maximum absolute atomic E-state index is 12.8. The Morgan fingerprint density at radius 1 is 1.12 bits per heavy atom. The highest BCUT2D eigenvalue weighted by Crippen LogP contribution is 2.28. The van der Waals surface area contributed by atoms with Gasteiger partial charge in [0.2, 0.25) is 0 Å². The molecule has 2 atom stereocenters. The van der Waals surface area contributed by atoms with E-state index in [0.29, 0.717) is 5.69 Å². The number of fused-ring (bicyclic) bond motifs is 1. The number of aryl methyl sites for hydroxylation is 1. The normalized spacial score (nSPS) is 22.8. The number of halogens is 1. The summed E-state index contributed by atoms with van der Waals surface area (Å²) < 4.78 is 0. The molecule has 5 nitrogen and oxygen atoms in total. The molecule has 2 fully saturated rings. The number of likely N-dealkylation sites (tertiary alicyclic amines) is 1.